The highest BCUT2D eigenvalue weighted by Crippen LogP contribution is 2.40. The maximum absolute atomic E-state index is 6.00. The van der Waals surface area contributed by atoms with Gasteiger partial charge in [-0.1, -0.05) is 0 Å². The van der Waals surface area contributed by atoms with E-state index in [4.69, 9.17) is 16.2 Å². The third-order valence-corrected chi connectivity index (χ3v) is 2.78. The van der Waals surface area contributed by atoms with Crippen LogP contribution in [0.1, 0.15) is 25.7 Å². The summed E-state index contributed by atoms with van der Waals surface area (Å²) in [6.07, 6.45) is 4.68. The van der Waals surface area contributed by atoms with E-state index < -0.39 is 0 Å². The van der Waals surface area contributed by atoms with Crippen LogP contribution >= 0.6 is 0 Å². The molecule has 2 fully saturated rings. The summed E-state index contributed by atoms with van der Waals surface area (Å²) in [5.74, 6) is 0. The quantitative estimate of drug-likeness (QED) is 0.561. The average molecular weight is 156 g/mol. The van der Waals surface area contributed by atoms with Crippen LogP contribution in [0.15, 0.2) is 0 Å². The smallest absolute Gasteiger partial charge is 0.0755 e. The number of nitrogens with two attached hydrogens (primary N) is 2. The van der Waals surface area contributed by atoms with Crippen molar-refractivity contribution in [3.8, 4) is 0 Å². The Morgan fingerprint density at radius 2 is 2.00 bits per heavy atom. The first-order chi connectivity index (χ1) is 5.21. The van der Waals surface area contributed by atoms with Gasteiger partial charge in [0.05, 0.1) is 12.7 Å². The fraction of sp³-hybridized carbons (Fsp3) is 1.00. The second-order valence-electron chi connectivity index (χ2n) is 3.89. The molecule has 3 nitrogen and oxygen atoms in total. The molecule has 0 aromatic carbocycles. The summed E-state index contributed by atoms with van der Waals surface area (Å²) in [6.45, 7) is 0.698. The van der Waals surface area contributed by atoms with Crippen LogP contribution in [0.5, 0.6) is 0 Å². The highest BCUT2D eigenvalue weighted by Gasteiger charge is 2.47. The molecule has 2 unspecified atom stereocenters. The molecule has 1 saturated carbocycles. The Kier molecular flexibility index (Phi) is 1.67. The molecule has 0 radical (unpaired) electrons. The van der Waals surface area contributed by atoms with Crippen LogP contribution in [0.2, 0.25) is 0 Å². The fourth-order valence-electron chi connectivity index (χ4n) is 1.69. The van der Waals surface area contributed by atoms with Gasteiger partial charge in [-0.25, -0.2) is 0 Å². The van der Waals surface area contributed by atoms with Gasteiger partial charge in [0.2, 0.25) is 0 Å². The minimum Gasteiger partial charge on any atom is -0.375 e. The third-order valence-electron chi connectivity index (χ3n) is 2.78. The molecule has 11 heavy (non-hydrogen) atoms. The third kappa shape index (κ3) is 1.41. The van der Waals surface area contributed by atoms with Gasteiger partial charge in [0, 0.05) is 11.6 Å². The lowest BCUT2D eigenvalue weighted by Gasteiger charge is -2.30. The second kappa shape index (κ2) is 2.44. The lowest BCUT2D eigenvalue weighted by Crippen LogP contribution is -2.46. The molecule has 0 bridgehead atoms. The lowest BCUT2D eigenvalue weighted by atomic mass is 9.99. The molecule has 1 aliphatic carbocycles. The lowest BCUT2D eigenvalue weighted by molar-refractivity contribution is -0.0153. The molecule has 1 aliphatic heterocycles. The van der Waals surface area contributed by atoms with Crippen LogP contribution in [0, 0.1) is 0 Å². The SMILES string of the molecule is NC1CCC(C2(N)CC2)OC1. The molecule has 2 atom stereocenters. The van der Waals surface area contributed by atoms with E-state index in [1.165, 1.54) is 0 Å². The van der Waals surface area contributed by atoms with Crippen LogP contribution < -0.4 is 11.5 Å². The van der Waals surface area contributed by atoms with Gasteiger partial charge in [-0.3, -0.25) is 0 Å². The number of hydrogen-bond donors (Lipinski definition) is 2. The van der Waals surface area contributed by atoms with Gasteiger partial charge in [0.25, 0.3) is 0 Å². The van der Waals surface area contributed by atoms with E-state index in [1.807, 2.05) is 0 Å². The summed E-state index contributed by atoms with van der Waals surface area (Å²) < 4.78 is 5.57. The highest BCUT2D eigenvalue weighted by atomic mass is 16.5. The van der Waals surface area contributed by atoms with Crippen molar-refractivity contribution in [3.05, 3.63) is 0 Å². The van der Waals surface area contributed by atoms with Crippen LogP contribution in [0.4, 0.5) is 0 Å². The van der Waals surface area contributed by atoms with Crippen molar-refractivity contribution in [3.63, 3.8) is 0 Å². The molecule has 0 aromatic heterocycles. The van der Waals surface area contributed by atoms with E-state index in [0.717, 1.165) is 25.7 Å². The number of rotatable bonds is 1. The largest absolute Gasteiger partial charge is 0.375 e. The van der Waals surface area contributed by atoms with Crippen LogP contribution in [0.25, 0.3) is 0 Å². The minimum atomic E-state index is 0.0279. The Labute approximate surface area is 67.1 Å². The maximum atomic E-state index is 6.00. The van der Waals surface area contributed by atoms with Gasteiger partial charge >= 0.3 is 0 Å². The van der Waals surface area contributed by atoms with Gasteiger partial charge < -0.3 is 16.2 Å². The van der Waals surface area contributed by atoms with Crippen molar-refractivity contribution in [2.45, 2.75) is 43.4 Å². The number of hydrogen-bond acceptors (Lipinski definition) is 3. The molecule has 0 aromatic rings. The van der Waals surface area contributed by atoms with Crippen molar-refractivity contribution in [1.82, 2.24) is 0 Å². The molecule has 2 rings (SSSR count). The van der Waals surface area contributed by atoms with Gasteiger partial charge in [0.1, 0.15) is 0 Å². The molecular formula is C8H16N2O. The zero-order valence-electron chi connectivity index (χ0n) is 6.75. The van der Waals surface area contributed by atoms with Crippen LogP contribution in [-0.2, 0) is 4.74 Å². The first-order valence-corrected chi connectivity index (χ1v) is 4.37. The molecule has 4 N–H and O–H groups in total. The van der Waals surface area contributed by atoms with Crippen molar-refractivity contribution >= 4 is 0 Å². The monoisotopic (exact) mass is 156 g/mol. The average Bonchev–Trinajstić information content (AvgIpc) is 2.70. The summed E-state index contributed by atoms with van der Waals surface area (Å²) in [7, 11) is 0. The first kappa shape index (κ1) is 7.53. The second-order valence-corrected chi connectivity index (χ2v) is 3.89. The molecule has 3 heteroatoms. The van der Waals surface area contributed by atoms with E-state index in [0.29, 0.717) is 12.7 Å². The Hall–Kier alpha value is -0.120. The molecule has 0 amide bonds. The molecule has 64 valence electrons. The zero-order chi connectivity index (χ0) is 7.90. The summed E-state index contributed by atoms with van der Waals surface area (Å²) in [5.41, 5.74) is 11.7. The van der Waals surface area contributed by atoms with Crippen molar-refractivity contribution in [1.29, 1.82) is 0 Å². The summed E-state index contributed by atoms with van der Waals surface area (Å²) in [6, 6.07) is 0.244. The minimum absolute atomic E-state index is 0.0279. The Morgan fingerprint density at radius 1 is 1.27 bits per heavy atom. The maximum Gasteiger partial charge on any atom is 0.0755 e. The zero-order valence-corrected chi connectivity index (χ0v) is 6.75. The van der Waals surface area contributed by atoms with Crippen molar-refractivity contribution < 1.29 is 4.74 Å². The van der Waals surface area contributed by atoms with E-state index >= 15 is 0 Å². The Bertz CT molecular complexity index is 148. The fourth-order valence-corrected chi connectivity index (χ4v) is 1.69. The first-order valence-electron chi connectivity index (χ1n) is 4.37. The highest BCUT2D eigenvalue weighted by molar-refractivity contribution is 5.06. The van der Waals surface area contributed by atoms with Gasteiger partial charge in [-0.15, -0.1) is 0 Å². The predicted molar refractivity (Wildman–Crippen MR) is 43.1 cm³/mol. The van der Waals surface area contributed by atoms with E-state index in [9.17, 15) is 0 Å². The van der Waals surface area contributed by atoms with E-state index in [-0.39, 0.29) is 11.6 Å². The van der Waals surface area contributed by atoms with Gasteiger partial charge in [-0.05, 0) is 25.7 Å². The molecule has 0 spiro atoms. The van der Waals surface area contributed by atoms with E-state index in [2.05, 4.69) is 0 Å². The van der Waals surface area contributed by atoms with Gasteiger partial charge in [0.15, 0.2) is 0 Å². The molecule has 1 saturated heterocycles. The molecule has 1 heterocycles. The number of ether oxygens (including phenoxy) is 1. The summed E-state index contributed by atoms with van der Waals surface area (Å²) in [5, 5.41) is 0. The predicted octanol–water partition coefficient (Wildman–Crippen LogP) is -0.0160. The van der Waals surface area contributed by atoms with Gasteiger partial charge in [-0.2, -0.15) is 0 Å². The topological polar surface area (TPSA) is 61.3 Å². The Balaban J connectivity index is 1.87. The van der Waals surface area contributed by atoms with Crippen molar-refractivity contribution in [2.24, 2.45) is 11.5 Å². The van der Waals surface area contributed by atoms with Crippen LogP contribution in [0.3, 0.4) is 0 Å². The normalized spacial score (nSPS) is 42.0. The molecule has 2 aliphatic rings. The van der Waals surface area contributed by atoms with Crippen molar-refractivity contribution in [2.75, 3.05) is 6.61 Å². The van der Waals surface area contributed by atoms with Crippen LogP contribution in [-0.4, -0.2) is 24.3 Å². The Morgan fingerprint density at radius 3 is 2.45 bits per heavy atom. The standard InChI is InChI=1S/C8H16N2O/c9-6-1-2-7(11-5-6)8(10)3-4-8/h6-7H,1-5,9-10H2. The summed E-state index contributed by atoms with van der Waals surface area (Å²) >= 11 is 0. The van der Waals surface area contributed by atoms with E-state index in [1.54, 1.807) is 0 Å². The molecular weight excluding hydrogens is 140 g/mol. The summed E-state index contributed by atoms with van der Waals surface area (Å²) in [4.78, 5) is 0.